The van der Waals surface area contributed by atoms with Crippen LogP contribution in [-0.4, -0.2) is 27.7 Å². The fourth-order valence-electron chi connectivity index (χ4n) is 1.87. The van der Waals surface area contributed by atoms with Gasteiger partial charge >= 0.3 is 0 Å². The summed E-state index contributed by atoms with van der Waals surface area (Å²) in [6.07, 6.45) is 5.18. The molecule has 1 aliphatic heterocycles. The van der Waals surface area contributed by atoms with Gasteiger partial charge in [-0.2, -0.15) is 0 Å². The average Bonchev–Trinajstić information content (AvgIpc) is 2.75. The lowest BCUT2D eigenvalue weighted by molar-refractivity contribution is 0.0976. The molecule has 5 heteroatoms. The second-order valence-corrected chi connectivity index (χ2v) is 3.76. The number of hydrogen-bond donors (Lipinski definition) is 1. The molecule has 1 aromatic heterocycles. The molecule has 1 fully saturated rings. The lowest BCUT2D eigenvalue weighted by atomic mass is 10.1. The van der Waals surface area contributed by atoms with Gasteiger partial charge in [-0.05, 0) is 19.3 Å². The first kappa shape index (κ1) is 9.61. The number of aromatic nitrogens is 3. The van der Waals surface area contributed by atoms with E-state index in [0.717, 1.165) is 31.6 Å². The molecular formula is C9H16N4O. The first-order chi connectivity index (χ1) is 6.77. The summed E-state index contributed by atoms with van der Waals surface area (Å²) in [6, 6.07) is -0.0156. The number of rotatable bonds is 3. The largest absolute Gasteiger partial charge is 0.378 e. The van der Waals surface area contributed by atoms with E-state index in [9.17, 15) is 0 Å². The summed E-state index contributed by atoms with van der Waals surface area (Å²) in [6.45, 7) is 0.876. The second-order valence-electron chi connectivity index (χ2n) is 3.76. The first-order valence-corrected chi connectivity index (χ1v) is 4.99. The zero-order chi connectivity index (χ0) is 9.97. The molecule has 0 spiro atoms. The molecule has 5 nitrogen and oxygen atoms in total. The first-order valence-electron chi connectivity index (χ1n) is 4.99. The smallest absolute Gasteiger partial charge is 0.0752 e. The maximum absolute atomic E-state index is 6.04. The SMILES string of the molecule is Cn1nncc1C(N)CC1CCCO1. The van der Waals surface area contributed by atoms with E-state index < -0.39 is 0 Å². The van der Waals surface area contributed by atoms with Crippen molar-refractivity contribution in [2.75, 3.05) is 6.61 Å². The van der Waals surface area contributed by atoms with Gasteiger partial charge < -0.3 is 10.5 Å². The summed E-state index contributed by atoms with van der Waals surface area (Å²) in [5, 5.41) is 7.67. The Morgan fingerprint density at radius 1 is 1.79 bits per heavy atom. The molecule has 1 aliphatic rings. The number of hydrogen-bond acceptors (Lipinski definition) is 4. The van der Waals surface area contributed by atoms with Gasteiger partial charge in [0.2, 0.25) is 0 Å². The van der Waals surface area contributed by atoms with Crippen molar-refractivity contribution in [3.05, 3.63) is 11.9 Å². The summed E-state index contributed by atoms with van der Waals surface area (Å²) >= 11 is 0. The average molecular weight is 196 g/mol. The molecule has 2 atom stereocenters. The van der Waals surface area contributed by atoms with Crippen LogP contribution in [0.4, 0.5) is 0 Å². The van der Waals surface area contributed by atoms with E-state index in [2.05, 4.69) is 10.3 Å². The molecule has 0 bridgehead atoms. The highest BCUT2D eigenvalue weighted by Gasteiger charge is 2.21. The molecule has 2 rings (SSSR count). The lowest BCUT2D eigenvalue weighted by Gasteiger charge is -2.15. The molecule has 14 heavy (non-hydrogen) atoms. The Morgan fingerprint density at radius 3 is 3.21 bits per heavy atom. The molecule has 0 amide bonds. The predicted octanol–water partition coefficient (Wildman–Crippen LogP) is 0.384. The summed E-state index contributed by atoms with van der Waals surface area (Å²) < 4.78 is 7.25. The third-order valence-corrected chi connectivity index (χ3v) is 2.67. The number of ether oxygens (including phenoxy) is 1. The molecular weight excluding hydrogens is 180 g/mol. The van der Waals surface area contributed by atoms with Gasteiger partial charge in [0, 0.05) is 13.7 Å². The zero-order valence-electron chi connectivity index (χ0n) is 8.39. The van der Waals surface area contributed by atoms with E-state index in [1.165, 1.54) is 0 Å². The molecule has 1 saturated heterocycles. The fraction of sp³-hybridized carbons (Fsp3) is 0.778. The van der Waals surface area contributed by atoms with Gasteiger partial charge in [0.25, 0.3) is 0 Å². The van der Waals surface area contributed by atoms with Crippen molar-refractivity contribution in [2.24, 2.45) is 12.8 Å². The van der Waals surface area contributed by atoms with Crippen molar-refractivity contribution < 1.29 is 4.74 Å². The molecule has 78 valence electrons. The van der Waals surface area contributed by atoms with E-state index >= 15 is 0 Å². The fourth-order valence-corrected chi connectivity index (χ4v) is 1.87. The van der Waals surface area contributed by atoms with Gasteiger partial charge in [-0.3, -0.25) is 4.68 Å². The molecule has 0 radical (unpaired) electrons. The van der Waals surface area contributed by atoms with Crippen LogP contribution >= 0.6 is 0 Å². The molecule has 2 heterocycles. The molecule has 0 aliphatic carbocycles. The van der Waals surface area contributed by atoms with Gasteiger partial charge in [0.1, 0.15) is 0 Å². The molecule has 0 aromatic carbocycles. The van der Waals surface area contributed by atoms with Gasteiger partial charge in [-0.15, -0.1) is 5.10 Å². The van der Waals surface area contributed by atoms with Crippen molar-refractivity contribution in [3.8, 4) is 0 Å². The van der Waals surface area contributed by atoms with Crippen LogP contribution in [0.25, 0.3) is 0 Å². The van der Waals surface area contributed by atoms with Crippen molar-refractivity contribution >= 4 is 0 Å². The Hall–Kier alpha value is -0.940. The lowest BCUT2D eigenvalue weighted by Crippen LogP contribution is -2.20. The van der Waals surface area contributed by atoms with Crippen molar-refractivity contribution in [2.45, 2.75) is 31.4 Å². The van der Waals surface area contributed by atoms with Crippen LogP contribution in [0.15, 0.2) is 6.20 Å². The Bertz CT molecular complexity index is 293. The predicted molar refractivity (Wildman–Crippen MR) is 51.5 cm³/mol. The quantitative estimate of drug-likeness (QED) is 0.759. The van der Waals surface area contributed by atoms with E-state index in [1.54, 1.807) is 10.9 Å². The number of aryl methyl sites for hydroxylation is 1. The highest BCUT2D eigenvalue weighted by Crippen LogP contribution is 2.22. The third kappa shape index (κ3) is 1.93. The Morgan fingerprint density at radius 2 is 2.64 bits per heavy atom. The minimum absolute atomic E-state index is 0.0156. The summed E-state index contributed by atoms with van der Waals surface area (Å²) in [7, 11) is 1.86. The van der Waals surface area contributed by atoms with Crippen LogP contribution in [0, 0.1) is 0 Å². The van der Waals surface area contributed by atoms with Gasteiger partial charge in [-0.25, -0.2) is 0 Å². The minimum atomic E-state index is -0.0156. The Kier molecular flexibility index (Phi) is 2.79. The van der Waals surface area contributed by atoms with Crippen LogP contribution in [0.3, 0.4) is 0 Å². The van der Waals surface area contributed by atoms with Crippen LogP contribution in [0.5, 0.6) is 0 Å². The minimum Gasteiger partial charge on any atom is -0.378 e. The number of nitrogens with two attached hydrogens (primary N) is 1. The maximum atomic E-state index is 6.04. The van der Waals surface area contributed by atoms with Gasteiger partial charge in [-0.1, -0.05) is 5.21 Å². The summed E-state index contributed by atoms with van der Waals surface area (Å²) in [4.78, 5) is 0. The van der Waals surface area contributed by atoms with Crippen LogP contribution in [0.1, 0.15) is 31.0 Å². The monoisotopic (exact) mass is 196 g/mol. The molecule has 2 N–H and O–H groups in total. The highest BCUT2D eigenvalue weighted by atomic mass is 16.5. The van der Waals surface area contributed by atoms with Crippen molar-refractivity contribution in [1.82, 2.24) is 15.0 Å². The zero-order valence-corrected chi connectivity index (χ0v) is 8.39. The third-order valence-electron chi connectivity index (χ3n) is 2.67. The normalized spacial score (nSPS) is 24.0. The van der Waals surface area contributed by atoms with Crippen LogP contribution in [0.2, 0.25) is 0 Å². The summed E-state index contributed by atoms with van der Waals surface area (Å²) in [5.74, 6) is 0. The molecule has 1 aromatic rings. The highest BCUT2D eigenvalue weighted by molar-refractivity contribution is 5.01. The standard InChI is InChI=1S/C9H16N4O/c1-13-9(6-11-12-13)8(10)5-7-3-2-4-14-7/h6-8H,2-5,10H2,1H3. The van der Waals surface area contributed by atoms with E-state index in [1.807, 2.05) is 7.05 Å². The van der Waals surface area contributed by atoms with E-state index in [-0.39, 0.29) is 6.04 Å². The van der Waals surface area contributed by atoms with Crippen LogP contribution in [-0.2, 0) is 11.8 Å². The summed E-state index contributed by atoms with van der Waals surface area (Å²) in [5.41, 5.74) is 7.01. The molecule has 2 unspecified atom stereocenters. The molecule has 0 saturated carbocycles. The Labute approximate surface area is 83.2 Å². The van der Waals surface area contributed by atoms with E-state index in [4.69, 9.17) is 10.5 Å². The van der Waals surface area contributed by atoms with Crippen molar-refractivity contribution in [3.63, 3.8) is 0 Å². The van der Waals surface area contributed by atoms with E-state index in [0.29, 0.717) is 6.10 Å². The van der Waals surface area contributed by atoms with Crippen LogP contribution < -0.4 is 5.73 Å². The maximum Gasteiger partial charge on any atom is 0.0752 e. The van der Waals surface area contributed by atoms with Crippen molar-refractivity contribution in [1.29, 1.82) is 0 Å². The topological polar surface area (TPSA) is 66.0 Å². The van der Waals surface area contributed by atoms with Gasteiger partial charge in [0.15, 0.2) is 0 Å². The van der Waals surface area contributed by atoms with Gasteiger partial charge in [0.05, 0.1) is 24.0 Å². The second kappa shape index (κ2) is 4.06. The number of nitrogens with zero attached hydrogens (tertiary/aromatic N) is 3. The Balaban J connectivity index is 1.95.